The number of thioether (sulfide) groups is 1. The maximum absolute atomic E-state index is 11.2. The van der Waals surface area contributed by atoms with Gasteiger partial charge in [-0.3, -0.25) is 10.1 Å². The molecule has 2 aromatic rings. The number of hydrogen-bond acceptors (Lipinski definition) is 7. The van der Waals surface area contributed by atoms with Gasteiger partial charge >= 0.3 is 5.69 Å². The number of ether oxygens (including phenoxy) is 1. The quantitative estimate of drug-likeness (QED) is 0.392. The fraction of sp³-hybridized carbons (Fsp3) is 0.231. The van der Waals surface area contributed by atoms with Crippen LogP contribution in [0.5, 0.6) is 11.6 Å². The second kappa shape index (κ2) is 6.40. The van der Waals surface area contributed by atoms with Crippen LogP contribution in [0.25, 0.3) is 0 Å². The number of anilines is 1. The molecule has 0 unspecified atom stereocenters. The second-order valence-electron chi connectivity index (χ2n) is 4.11. The van der Waals surface area contributed by atoms with Crippen LogP contribution >= 0.6 is 11.8 Å². The van der Waals surface area contributed by atoms with Crippen molar-refractivity contribution in [2.24, 2.45) is 0 Å². The van der Waals surface area contributed by atoms with Gasteiger partial charge in [-0.1, -0.05) is 23.9 Å². The van der Waals surface area contributed by atoms with Gasteiger partial charge < -0.3 is 10.1 Å². The molecule has 0 radical (unpaired) electrons. The van der Waals surface area contributed by atoms with Crippen molar-refractivity contribution in [2.75, 3.05) is 18.6 Å². The van der Waals surface area contributed by atoms with Crippen molar-refractivity contribution in [3.05, 3.63) is 39.9 Å². The number of nitrogens with one attached hydrogen (secondary N) is 1. The number of rotatable bonds is 5. The Balaban J connectivity index is 2.43. The van der Waals surface area contributed by atoms with E-state index in [9.17, 15) is 10.1 Å². The Kier molecular flexibility index (Phi) is 4.59. The molecule has 0 bridgehead atoms. The summed E-state index contributed by atoms with van der Waals surface area (Å²) in [4.78, 5) is 19.1. The monoisotopic (exact) mass is 306 g/mol. The molecule has 7 nitrogen and oxygen atoms in total. The molecule has 1 aromatic heterocycles. The number of nitro benzene ring substituents is 1. The number of nitro groups is 1. The molecule has 21 heavy (non-hydrogen) atoms. The molecule has 0 amide bonds. The topological polar surface area (TPSA) is 90.2 Å². The molecule has 1 heterocycles. The molecule has 0 fully saturated rings. The molecule has 1 aromatic carbocycles. The molecule has 2 rings (SSSR count). The Labute approximate surface area is 125 Å². The molecule has 110 valence electrons. The normalized spacial score (nSPS) is 10.2. The third-order valence-corrected chi connectivity index (χ3v) is 3.27. The summed E-state index contributed by atoms with van der Waals surface area (Å²) in [6.07, 6.45) is 1.84. The number of aromatic nitrogens is 2. The van der Waals surface area contributed by atoms with Gasteiger partial charge in [0.05, 0.1) is 4.92 Å². The highest BCUT2D eigenvalue weighted by atomic mass is 32.2. The number of nitrogens with zero attached hydrogens (tertiary/aromatic N) is 3. The van der Waals surface area contributed by atoms with Crippen molar-refractivity contribution in [1.82, 2.24) is 9.97 Å². The SMILES string of the molecule is CNc1cc(Oc2cccc(C)c2[N+](=O)[O-])nc(SC)n1. The summed E-state index contributed by atoms with van der Waals surface area (Å²) in [5.74, 6) is 1.000. The van der Waals surface area contributed by atoms with Crippen LogP contribution in [0.1, 0.15) is 5.56 Å². The number of benzene rings is 1. The van der Waals surface area contributed by atoms with E-state index in [1.807, 2.05) is 6.26 Å². The highest BCUT2D eigenvalue weighted by Gasteiger charge is 2.19. The van der Waals surface area contributed by atoms with Crippen molar-refractivity contribution >= 4 is 23.3 Å². The third kappa shape index (κ3) is 3.40. The van der Waals surface area contributed by atoms with E-state index in [-0.39, 0.29) is 17.3 Å². The van der Waals surface area contributed by atoms with Crippen LogP contribution in [0.4, 0.5) is 11.5 Å². The van der Waals surface area contributed by atoms with Gasteiger partial charge in [0.15, 0.2) is 5.16 Å². The van der Waals surface area contributed by atoms with E-state index in [4.69, 9.17) is 4.74 Å². The lowest BCUT2D eigenvalue weighted by Gasteiger charge is -2.09. The van der Waals surface area contributed by atoms with Gasteiger partial charge in [-0.25, -0.2) is 4.98 Å². The van der Waals surface area contributed by atoms with Gasteiger partial charge in [0.2, 0.25) is 11.6 Å². The molecule has 0 atom stereocenters. The predicted octanol–water partition coefficient (Wildman–Crippen LogP) is 3.25. The maximum atomic E-state index is 11.2. The van der Waals surface area contributed by atoms with Gasteiger partial charge in [-0.2, -0.15) is 4.98 Å². The van der Waals surface area contributed by atoms with E-state index < -0.39 is 4.92 Å². The zero-order chi connectivity index (χ0) is 15.4. The van der Waals surface area contributed by atoms with Gasteiger partial charge in [0, 0.05) is 18.7 Å². The Morgan fingerprint density at radius 2 is 2.14 bits per heavy atom. The first kappa shape index (κ1) is 15.0. The molecule has 1 N–H and O–H groups in total. The molecule has 0 saturated heterocycles. The third-order valence-electron chi connectivity index (χ3n) is 2.72. The van der Waals surface area contributed by atoms with Gasteiger partial charge in [0.25, 0.3) is 0 Å². The lowest BCUT2D eigenvalue weighted by Crippen LogP contribution is -2.00. The highest BCUT2D eigenvalue weighted by Crippen LogP contribution is 2.34. The summed E-state index contributed by atoms with van der Waals surface area (Å²) in [7, 11) is 1.73. The first-order chi connectivity index (χ1) is 10.0. The van der Waals surface area contributed by atoms with Crippen LogP contribution in [0.2, 0.25) is 0 Å². The van der Waals surface area contributed by atoms with Crippen LogP contribution in [0.15, 0.2) is 29.4 Å². The van der Waals surface area contributed by atoms with E-state index in [0.717, 1.165) is 0 Å². The summed E-state index contributed by atoms with van der Waals surface area (Å²) in [6.45, 7) is 1.66. The zero-order valence-electron chi connectivity index (χ0n) is 11.8. The maximum Gasteiger partial charge on any atom is 0.314 e. The van der Waals surface area contributed by atoms with E-state index in [0.29, 0.717) is 16.5 Å². The Bertz CT molecular complexity index is 656. The van der Waals surface area contributed by atoms with Crippen molar-refractivity contribution < 1.29 is 9.66 Å². The molecule has 0 saturated carbocycles. The summed E-state index contributed by atoms with van der Waals surface area (Å²) in [6, 6.07) is 6.50. The van der Waals surface area contributed by atoms with Crippen LogP contribution < -0.4 is 10.1 Å². The van der Waals surface area contributed by atoms with E-state index in [1.54, 1.807) is 38.2 Å². The number of hydrogen-bond donors (Lipinski definition) is 1. The fourth-order valence-electron chi connectivity index (χ4n) is 1.74. The van der Waals surface area contributed by atoms with Gasteiger partial charge in [-0.15, -0.1) is 0 Å². The smallest absolute Gasteiger partial charge is 0.314 e. The van der Waals surface area contributed by atoms with Gasteiger partial charge in [-0.05, 0) is 19.2 Å². The molecule has 0 aliphatic heterocycles. The lowest BCUT2D eigenvalue weighted by atomic mass is 10.2. The van der Waals surface area contributed by atoms with E-state index in [2.05, 4.69) is 15.3 Å². The van der Waals surface area contributed by atoms with E-state index in [1.165, 1.54) is 11.8 Å². The molecule has 0 spiro atoms. The second-order valence-corrected chi connectivity index (χ2v) is 4.88. The van der Waals surface area contributed by atoms with Crippen LogP contribution in [-0.4, -0.2) is 28.2 Å². The molecular formula is C13H14N4O3S. The minimum atomic E-state index is -0.458. The lowest BCUT2D eigenvalue weighted by molar-refractivity contribution is -0.386. The first-order valence-corrected chi connectivity index (χ1v) is 7.30. The average molecular weight is 306 g/mol. The Morgan fingerprint density at radius 1 is 1.38 bits per heavy atom. The summed E-state index contributed by atoms with van der Waals surface area (Å²) < 4.78 is 5.59. The summed E-state index contributed by atoms with van der Waals surface area (Å²) in [5.41, 5.74) is 0.471. The van der Waals surface area contributed by atoms with Crippen molar-refractivity contribution in [1.29, 1.82) is 0 Å². The molecule has 0 aliphatic rings. The van der Waals surface area contributed by atoms with Crippen molar-refractivity contribution in [2.45, 2.75) is 12.1 Å². The summed E-state index contributed by atoms with van der Waals surface area (Å²) >= 11 is 1.36. The van der Waals surface area contributed by atoms with Crippen molar-refractivity contribution in [3.63, 3.8) is 0 Å². The molecule has 8 heteroatoms. The Morgan fingerprint density at radius 3 is 2.76 bits per heavy atom. The van der Waals surface area contributed by atoms with Gasteiger partial charge in [0.1, 0.15) is 5.82 Å². The highest BCUT2D eigenvalue weighted by molar-refractivity contribution is 7.98. The van der Waals surface area contributed by atoms with Crippen LogP contribution in [-0.2, 0) is 0 Å². The minimum Gasteiger partial charge on any atom is -0.432 e. The van der Waals surface area contributed by atoms with Crippen LogP contribution in [0, 0.1) is 17.0 Å². The van der Waals surface area contributed by atoms with E-state index >= 15 is 0 Å². The predicted molar refractivity (Wildman–Crippen MR) is 81.3 cm³/mol. The standard InChI is InChI=1S/C13H14N4O3S/c1-8-5-4-6-9(12(8)17(18)19)20-11-7-10(14-2)15-13(16-11)21-3/h4-7H,1-3H3,(H,14,15,16). The minimum absolute atomic E-state index is 0.0622. The Hall–Kier alpha value is -2.35. The fourth-order valence-corrected chi connectivity index (χ4v) is 2.11. The van der Waals surface area contributed by atoms with Crippen molar-refractivity contribution in [3.8, 4) is 11.6 Å². The van der Waals surface area contributed by atoms with Crippen LogP contribution in [0.3, 0.4) is 0 Å². The molecular weight excluding hydrogens is 292 g/mol. The zero-order valence-corrected chi connectivity index (χ0v) is 12.6. The summed E-state index contributed by atoms with van der Waals surface area (Å²) in [5, 5.41) is 14.6. The number of aryl methyl sites for hydroxylation is 1. The number of para-hydroxylation sites is 1. The largest absolute Gasteiger partial charge is 0.432 e. The molecule has 0 aliphatic carbocycles. The first-order valence-electron chi connectivity index (χ1n) is 6.08. The average Bonchev–Trinajstić information content (AvgIpc) is 2.46.